The molecule has 0 spiro atoms. The average Bonchev–Trinajstić information content (AvgIpc) is 3.06. The Bertz CT molecular complexity index is 828. The van der Waals surface area contributed by atoms with E-state index in [-0.39, 0.29) is 16.8 Å². The van der Waals surface area contributed by atoms with Gasteiger partial charge >= 0.3 is 0 Å². The van der Waals surface area contributed by atoms with E-state index in [2.05, 4.69) is 10.2 Å². The summed E-state index contributed by atoms with van der Waals surface area (Å²) in [5.74, 6) is -0.168. The number of sulfonamides is 1. The molecule has 1 aromatic carbocycles. The van der Waals surface area contributed by atoms with Gasteiger partial charge in [-0.1, -0.05) is 38.2 Å². The quantitative estimate of drug-likeness (QED) is 0.723. The Balaban J connectivity index is 1.38. The minimum absolute atomic E-state index is 0.142. The predicted octanol–water partition coefficient (Wildman–Crippen LogP) is 3.39. The normalized spacial score (nSPS) is 25.1. The number of amides is 1. The van der Waals surface area contributed by atoms with Gasteiger partial charge in [-0.15, -0.1) is 0 Å². The number of carbonyl (C=O) groups excluding carboxylic acids is 1. The van der Waals surface area contributed by atoms with Crippen molar-refractivity contribution in [3.8, 4) is 0 Å². The molecule has 2 aliphatic heterocycles. The van der Waals surface area contributed by atoms with Crippen LogP contribution in [0.5, 0.6) is 0 Å². The van der Waals surface area contributed by atoms with Crippen molar-refractivity contribution in [1.29, 1.82) is 0 Å². The minimum atomic E-state index is -3.53. The van der Waals surface area contributed by atoms with Gasteiger partial charge in [0.15, 0.2) is 0 Å². The summed E-state index contributed by atoms with van der Waals surface area (Å²) in [6.07, 6.45) is 11.7. The first kappa shape index (κ1) is 21.8. The fourth-order valence-corrected chi connectivity index (χ4v) is 6.74. The van der Waals surface area contributed by atoms with Crippen molar-refractivity contribution >= 4 is 15.9 Å². The van der Waals surface area contributed by atoms with E-state index < -0.39 is 10.0 Å². The topological polar surface area (TPSA) is 69.7 Å². The number of likely N-dealkylation sites (tertiary alicyclic amines) is 1. The summed E-state index contributed by atoms with van der Waals surface area (Å²) in [6, 6.07) is 7.33. The van der Waals surface area contributed by atoms with Crippen LogP contribution in [0, 0.1) is 0 Å². The molecule has 3 fully saturated rings. The van der Waals surface area contributed by atoms with E-state index >= 15 is 0 Å². The van der Waals surface area contributed by atoms with Crippen molar-refractivity contribution < 1.29 is 13.2 Å². The van der Waals surface area contributed by atoms with Gasteiger partial charge in [0.2, 0.25) is 10.0 Å². The van der Waals surface area contributed by atoms with Crippen LogP contribution < -0.4 is 5.32 Å². The minimum Gasteiger partial charge on any atom is -0.348 e. The Hall–Kier alpha value is -1.44. The average molecular weight is 434 g/mol. The summed E-state index contributed by atoms with van der Waals surface area (Å²) in [4.78, 5) is 15.6. The third-order valence-electron chi connectivity index (χ3n) is 6.95. The standard InChI is InChI=1S/C23H35N3O3S/c27-23(24-20-13-16-25(18-20)21-10-4-1-2-5-11-21)19-9-8-12-22(17-19)30(28,29)26-14-6-3-7-15-26/h8-9,12,17,20-21H,1-7,10-11,13-16,18H2,(H,24,27). The van der Waals surface area contributed by atoms with Gasteiger partial charge in [0.05, 0.1) is 4.90 Å². The van der Waals surface area contributed by atoms with Crippen LogP contribution in [0.1, 0.15) is 74.6 Å². The molecule has 1 atom stereocenters. The Morgan fingerprint density at radius 2 is 1.60 bits per heavy atom. The Morgan fingerprint density at radius 1 is 0.900 bits per heavy atom. The third kappa shape index (κ3) is 5.06. The smallest absolute Gasteiger partial charge is 0.251 e. The molecule has 2 saturated heterocycles. The van der Waals surface area contributed by atoms with Gasteiger partial charge in [0.25, 0.3) is 5.91 Å². The second kappa shape index (κ2) is 9.79. The number of hydrogen-bond acceptors (Lipinski definition) is 4. The Morgan fingerprint density at radius 3 is 2.33 bits per heavy atom. The number of hydrogen-bond donors (Lipinski definition) is 1. The molecule has 0 bridgehead atoms. The molecule has 1 unspecified atom stereocenters. The molecule has 3 aliphatic rings. The van der Waals surface area contributed by atoms with Gasteiger partial charge in [-0.2, -0.15) is 4.31 Å². The molecule has 0 radical (unpaired) electrons. The Kier molecular flexibility index (Phi) is 7.11. The van der Waals surface area contributed by atoms with Gasteiger partial charge in [-0.3, -0.25) is 9.69 Å². The highest BCUT2D eigenvalue weighted by atomic mass is 32.2. The molecule has 1 amide bonds. The maximum atomic E-state index is 12.9. The van der Waals surface area contributed by atoms with Crippen LogP contribution in [0.25, 0.3) is 0 Å². The van der Waals surface area contributed by atoms with Crippen molar-refractivity contribution in [2.45, 2.75) is 81.2 Å². The second-order valence-electron chi connectivity index (χ2n) is 9.09. The highest BCUT2D eigenvalue weighted by molar-refractivity contribution is 7.89. The van der Waals surface area contributed by atoms with Crippen LogP contribution in [0.2, 0.25) is 0 Å². The van der Waals surface area contributed by atoms with E-state index in [4.69, 9.17) is 0 Å². The highest BCUT2D eigenvalue weighted by Gasteiger charge is 2.30. The predicted molar refractivity (Wildman–Crippen MR) is 118 cm³/mol. The zero-order chi connectivity index (χ0) is 21.0. The maximum Gasteiger partial charge on any atom is 0.251 e. The Labute approximate surface area is 181 Å². The fourth-order valence-electron chi connectivity index (χ4n) is 5.18. The first-order valence-electron chi connectivity index (χ1n) is 11.7. The molecule has 1 saturated carbocycles. The summed E-state index contributed by atoms with van der Waals surface area (Å²) in [5.41, 5.74) is 0.431. The number of rotatable bonds is 5. The number of benzene rings is 1. The maximum absolute atomic E-state index is 12.9. The molecule has 6 nitrogen and oxygen atoms in total. The van der Waals surface area contributed by atoms with Crippen LogP contribution in [0.3, 0.4) is 0 Å². The van der Waals surface area contributed by atoms with Gasteiger partial charge in [0, 0.05) is 43.8 Å². The molecular formula is C23H35N3O3S. The molecule has 1 aromatic rings. The second-order valence-corrected chi connectivity index (χ2v) is 11.0. The third-order valence-corrected chi connectivity index (χ3v) is 8.84. The molecule has 30 heavy (non-hydrogen) atoms. The van der Waals surface area contributed by atoms with E-state index in [0.717, 1.165) is 38.8 Å². The first-order chi connectivity index (χ1) is 14.5. The lowest BCUT2D eigenvalue weighted by molar-refractivity contribution is 0.0935. The zero-order valence-electron chi connectivity index (χ0n) is 17.9. The van der Waals surface area contributed by atoms with Crippen LogP contribution in [0.4, 0.5) is 0 Å². The number of piperidine rings is 1. The zero-order valence-corrected chi connectivity index (χ0v) is 18.7. The number of nitrogens with zero attached hydrogens (tertiary/aromatic N) is 2. The fraction of sp³-hybridized carbons (Fsp3) is 0.696. The van der Waals surface area contributed by atoms with Gasteiger partial charge in [0.1, 0.15) is 0 Å². The van der Waals surface area contributed by atoms with Gasteiger partial charge in [-0.25, -0.2) is 8.42 Å². The van der Waals surface area contributed by atoms with Gasteiger partial charge in [-0.05, 0) is 50.3 Å². The van der Waals surface area contributed by atoms with Crippen LogP contribution in [0.15, 0.2) is 29.2 Å². The summed E-state index contributed by atoms with van der Waals surface area (Å²) < 4.78 is 27.4. The molecule has 0 aromatic heterocycles. The molecule has 1 N–H and O–H groups in total. The lowest BCUT2D eigenvalue weighted by Gasteiger charge is -2.27. The van der Waals surface area contributed by atoms with Crippen molar-refractivity contribution in [2.75, 3.05) is 26.2 Å². The molecule has 7 heteroatoms. The first-order valence-corrected chi connectivity index (χ1v) is 13.1. The lowest BCUT2D eigenvalue weighted by atomic mass is 10.1. The van der Waals surface area contributed by atoms with E-state index in [0.29, 0.717) is 24.7 Å². The van der Waals surface area contributed by atoms with Gasteiger partial charge < -0.3 is 5.32 Å². The van der Waals surface area contributed by atoms with E-state index in [9.17, 15) is 13.2 Å². The molecular weight excluding hydrogens is 398 g/mol. The van der Waals surface area contributed by atoms with E-state index in [1.165, 1.54) is 44.6 Å². The van der Waals surface area contributed by atoms with Crippen molar-refractivity contribution in [1.82, 2.24) is 14.5 Å². The molecule has 4 rings (SSSR count). The van der Waals surface area contributed by atoms with Crippen LogP contribution >= 0.6 is 0 Å². The molecule has 2 heterocycles. The van der Waals surface area contributed by atoms with Crippen molar-refractivity contribution in [2.24, 2.45) is 0 Å². The van der Waals surface area contributed by atoms with Crippen LogP contribution in [-0.2, 0) is 10.0 Å². The summed E-state index contributed by atoms with van der Waals surface area (Å²) >= 11 is 0. The summed E-state index contributed by atoms with van der Waals surface area (Å²) in [5, 5.41) is 3.15. The number of carbonyl (C=O) groups is 1. The summed E-state index contributed by atoms with van der Waals surface area (Å²) in [6.45, 7) is 3.08. The van der Waals surface area contributed by atoms with Crippen molar-refractivity contribution in [3.05, 3.63) is 29.8 Å². The van der Waals surface area contributed by atoms with Crippen molar-refractivity contribution in [3.63, 3.8) is 0 Å². The molecule has 1 aliphatic carbocycles. The van der Waals surface area contributed by atoms with Crippen LogP contribution in [-0.4, -0.2) is 61.8 Å². The highest BCUT2D eigenvalue weighted by Crippen LogP contribution is 2.25. The SMILES string of the molecule is O=C(NC1CCN(C2CCCCCC2)C1)c1cccc(S(=O)(=O)N2CCCCC2)c1. The van der Waals surface area contributed by atoms with E-state index in [1.807, 2.05) is 0 Å². The number of nitrogens with one attached hydrogen (secondary N) is 1. The molecule has 166 valence electrons. The van der Waals surface area contributed by atoms with E-state index in [1.54, 1.807) is 22.5 Å². The summed E-state index contributed by atoms with van der Waals surface area (Å²) in [7, 11) is -3.53. The monoisotopic (exact) mass is 433 g/mol. The largest absolute Gasteiger partial charge is 0.348 e. The lowest BCUT2D eigenvalue weighted by Crippen LogP contribution is -2.40.